The fraction of sp³-hybridized carbons (Fsp3) is 0.385. The third kappa shape index (κ3) is 6.20. The van der Waals surface area contributed by atoms with Crippen LogP contribution in [0.25, 0.3) is 0 Å². The van der Waals surface area contributed by atoms with Crippen molar-refractivity contribution in [1.29, 1.82) is 0 Å². The van der Waals surface area contributed by atoms with Gasteiger partial charge in [0, 0.05) is 25.1 Å². The summed E-state index contributed by atoms with van der Waals surface area (Å²) in [4.78, 5) is 36.1. The van der Waals surface area contributed by atoms with Gasteiger partial charge in [0.05, 0.1) is 26.9 Å². The first kappa shape index (κ1) is 30.1. The third-order valence-corrected chi connectivity index (χ3v) is 11.1. The molecule has 11 nitrogen and oxygen atoms in total. The summed E-state index contributed by atoms with van der Waals surface area (Å²) in [6.07, 6.45) is -0.307. The van der Waals surface area contributed by atoms with Gasteiger partial charge in [0.25, 0.3) is 5.69 Å². The summed E-state index contributed by atoms with van der Waals surface area (Å²) in [7, 11) is -3.56. The number of carbonyl (C=O) groups is 2. The van der Waals surface area contributed by atoms with Crippen molar-refractivity contribution in [3.05, 3.63) is 85.8 Å². The molecule has 40 heavy (non-hydrogen) atoms. The molecular weight excluding hydrogens is 579 g/mol. The summed E-state index contributed by atoms with van der Waals surface area (Å²) in [5.41, 5.74) is 1.19. The maximum Gasteiger partial charge on any atom is 0.354 e. The second kappa shape index (κ2) is 12.3. The number of carboxylic acid groups (broad SMARTS) is 1. The molecule has 1 fully saturated rings. The molecule has 0 spiro atoms. The van der Waals surface area contributed by atoms with Gasteiger partial charge in [-0.05, 0) is 29.7 Å². The second-order valence-corrected chi connectivity index (χ2v) is 14.1. The minimum absolute atomic E-state index is 0.0965. The van der Waals surface area contributed by atoms with Gasteiger partial charge in [0.1, 0.15) is 4.87 Å². The SMILES string of the molecule is CC[C@H](O)[C@@H]1C(=O)N2C(C(=O)O)=C(SCCCS(=O)(=O)NCc3ccccc3)S[C@]12Cc1ccc([N+](=O)[O-])cc1. The number of carboxylic acids is 1. The lowest BCUT2D eigenvalue weighted by molar-refractivity contribution is -0.384. The minimum atomic E-state index is -3.56. The van der Waals surface area contributed by atoms with E-state index in [2.05, 4.69) is 4.72 Å². The standard InChI is InChI=1S/C26H29N3O8S3/c1-2-20(30)21-23(31)28-22(24(32)33)25(39-26(21,28)15-17-9-11-19(12-10-17)29(34)35)38-13-6-14-40(36,37)27-16-18-7-4-3-5-8-18/h3-5,7-12,20-21,27,30H,2,6,13-16H2,1H3,(H,32,33)/t20-,21+,26+/m0/s1. The first-order valence-electron chi connectivity index (χ1n) is 12.5. The Kier molecular flexibility index (Phi) is 9.25. The monoisotopic (exact) mass is 607 g/mol. The van der Waals surface area contributed by atoms with Crippen molar-refractivity contribution in [3.63, 3.8) is 0 Å². The third-order valence-electron chi connectivity index (χ3n) is 6.78. The molecule has 0 bridgehead atoms. The summed E-state index contributed by atoms with van der Waals surface area (Å²) >= 11 is 2.35. The zero-order valence-electron chi connectivity index (χ0n) is 21.6. The number of thioether (sulfide) groups is 2. The van der Waals surface area contributed by atoms with Crippen LogP contribution in [0.1, 0.15) is 30.9 Å². The number of non-ortho nitro benzene ring substituents is 1. The lowest BCUT2D eigenvalue weighted by Gasteiger charge is -2.54. The number of aliphatic carboxylic acids is 1. The van der Waals surface area contributed by atoms with E-state index in [0.29, 0.717) is 15.6 Å². The number of nitrogens with zero attached hydrogens (tertiary/aromatic N) is 2. The molecule has 0 saturated carbocycles. The quantitative estimate of drug-likeness (QED) is 0.125. The molecule has 2 aromatic carbocycles. The molecule has 0 aromatic heterocycles. The van der Waals surface area contributed by atoms with E-state index in [-0.39, 0.29) is 42.9 Å². The highest BCUT2D eigenvalue weighted by molar-refractivity contribution is 8.23. The molecule has 14 heteroatoms. The number of sulfonamides is 1. The Balaban J connectivity index is 1.47. The average Bonchev–Trinajstić information content (AvgIpc) is 3.20. The zero-order valence-corrected chi connectivity index (χ0v) is 24.0. The first-order chi connectivity index (χ1) is 19.0. The minimum Gasteiger partial charge on any atom is -0.477 e. The molecule has 2 aliphatic rings. The molecule has 0 radical (unpaired) electrons. The van der Waals surface area contributed by atoms with E-state index in [0.717, 1.165) is 5.56 Å². The molecule has 0 aliphatic carbocycles. The van der Waals surface area contributed by atoms with Crippen LogP contribution in [0.2, 0.25) is 0 Å². The van der Waals surface area contributed by atoms with Gasteiger partial charge in [-0.25, -0.2) is 17.9 Å². The number of hydrogen-bond acceptors (Lipinski definition) is 9. The maximum atomic E-state index is 13.2. The van der Waals surface area contributed by atoms with Crippen LogP contribution in [0.15, 0.2) is 64.5 Å². The average molecular weight is 608 g/mol. The van der Waals surface area contributed by atoms with E-state index < -0.39 is 43.7 Å². The Morgan fingerprint density at radius 1 is 1.20 bits per heavy atom. The van der Waals surface area contributed by atoms with Gasteiger partial charge >= 0.3 is 5.97 Å². The van der Waals surface area contributed by atoms with Gasteiger partial charge in [-0.1, -0.05) is 61.2 Å². The molecule has 2 heterocycles. The highest BCUT2D eigenvalue weighted by Crippen LogP contribution is 2.62. The lowest BCUT2D eigenvalue weighted by atomic mass is 9.77. The predicted molar refractivity (Wildman–Crippen MR) is 153 cm³/mol. The van der Waals surface area contributed by atoms with E-state index in [1.165, 1.54) is 40.6 Å². The van der Waals surface area contributed by atoms with Gasteiger partial charge in [-0.3, -0.25) is 19.8 Å². The summed E-state index contributed by atoms with van der Waals surface area (Å²) in [6.45, 7) is 1.90. The van der Waals surface area contributed by atoms with Crippen LogP contribution < -0.4 is 4.72 Å². The van der Waals surface area contributed by atoms with E-state index in [4.69, 9.17) is 0 Å². The number of hydrogen-bond donors (Lipinski definition) is 3. The second-order valence-electron chi connectivity index (χ2n) is 9.44. The number of nitro benzene ring substituents is 1. The summed E-state index contributed by atoms with van der Waals surface area (Å²) < 4.78 is 27.8. The fourth-order valence-electron chi connectivity index (χ4n) is 4.81. The van der Waals surface area contributed by atoms with E-state index in [1.54, 1.807) is 19.1 Å². The number of benzene rings is 2. The van der Waals surface area contributed by atoms with E-state index in [9.17, 15) is 38.3 Å². The zero-order chi connectivity index (χ0) is 29.1. The van der Waals surface area contributed by atoms with Crippen LogP contribution in [0.4, 0.5) is 5.69 Å². The topological polar surface area (TPSA) is 167 Å². The normalized spacial score (nSPS) is 21.2. The number of rotatable bonds is 14. The van der Waals surface area contributed by atoms with Crippen LogP contribution >= 0.6 is 23.5 Å². The largest absolute Gasteiger partial charge is 0.477 e. The van der Waals surface area contributed by atoms with E-state index in [1.807, 2.05) is 30.3 Å². The Morgan fingerprint density at radius 3 is 2.48 bits per heavy atom. The van der Waals surface area contributed by atoms with Crippen molar-refractivity contribution < 1.29 is 33.1 Å². The first-order valence-corrected chi connectivity index (χ1v) is 16.0. The number of amides is 1. The molecule has 1 amide bonds. The molecule has 3 N–H and O–H groups in total. The number of aliphatic hydroxyl groups excluding tert-OH is 1. The molecule has 0 unspecified atom stereocenters. The maximum absolute atomic E-state index is 13.2. The molecule has 2 aliphatic heterocycles. The van der Waals surface area contributed by atoms with Crippen molar-refractivity contribution >= 4 is 51.1 Å². The predicted octanol–water partition coefficient (Wildman–Crippen LogP) is 3.31. The number of aliphatic hydroxyl groups is 1. The Bertz CT molecular complexity index is 1420. The molecular formula is C26H29N3O8S3. The number of nitrogens with one attached hydrogen (secondary N) is 1. The van der Waals surface area contributed by atoms with Gasteiger partial charge in [-0.2, -0.15) is 0 Å². The summed E-state index contributed by atoms with van der Waals surface area (Å²) in [5.74, 6) is -2.52. The van der Waals surface area contributed by atoms with Crippen LogP contribution in [0, 0.1) is 16.0 Å². The molecule has 2 aromatic rings. The Hall–Kier alpha value is -2.91. The van der Waals surface area contributed by atoms with Gasteiger partial charge in [0.15, 0.2) is 5.70 Å². The van der Waals surface area contributed by atoms with Crippen LogP contribution in [-0.2, 0) is 32.6 Å². The fourth-order valence-corrected chi connectivity index (χ4v) is 9.25. The summed E-state index contributed by atoms with van der Waals surface area (Å²) in [5, 5.41) is 31.8. The number of nitro groups is 1. The molecule has 214 valence electrons. The number of carbonyl (C=O) groups excluding carboxylic acids is 1. The van der Waals surface area contributed by atoms with E-state index >= 15 is 0 Å². The van der Waals surface area contributed by atoms with Gasteiger partial charge in [-0.15, -0.1) is 11.8 Å². The molecule has 3 atom stereocenters. The number of fused-ring (bicyclic) bond motifs is 1. The van der Waals surface area contributed by atoms with Crippen LogP contribution in [-0.4, -0.2) is 62.8 Å². The van der Waals surface area contributed by atoms with Crippen molar-refractivity contribution in [1.82, 2.24) is 9.62 Å². The van der Waals surface area contributed by atoms with Crippen molar-refractivity contribution in [2.75, 3.05) is 11.5 Å². The van der Waals surface area contributed by atoms with Crippen molar-refractivity contribution in [2.24, 2.45) is 5.92 Å². The van der Waals surface area contributed by atoms with Crippen LogP contribution in [0.5, 0.6) is 0 Å². The smallest absolute Gasteiger partial charge is 0.354 e. The lowest BCUT2D eigenvalue weighted by Crippen LogP contribution is -2.71. The summed E-state index contributed by atoms with van der Waals surface area (Å²) in [6, 6.07) is 14.9. The molecule has 1 saturated heterocycles. The van der Waals surface area contributed by atoms with Crippen molar-refractivity contribution in [2.45, 2.75) is 43.7 Å². The van der Waals surface area contributed by atoms with Gasteiger partial charge < -0.3 is 10.2 Å². The van der Waals surface area contributed by atoms with Gasteiger partial charge in [0.2, 0.25) is 15.9 Å². The molecule has 4 rings (SSSR count). The highest BCUT2D eigenvalue weighted by atomic mass is 32.2. The van der Waals surface area contributed by atoms with Crippen molar-refractivity contribution in [3.8, 4) is 0 Å². The number of β-lactam (4-membered cyclic amide) rings is 1. The van der Waals surface area contributed by atoms with Crippen LogP contribution in [0.3, 0.4) is 0 Å². The Labute approximate surface area is 240 Å². The highest BCUT2D eigenvalue weighted by Gasteiger charge is 2.68. The Morgan fingerprint density at radius 2 is 1.88 bits per heavy atom.